The molecule has 1 aliphatic heterocycles. The summed E-state index contributed by atoms with van der Waals surface area (Å²) in [7, 11) is 1.50. The normalized spacial score (nSPS) is 31.3. The Morgan fingerprint density at radius 2 is 2.25 bits per heavy atom. The van der Waals surface area contributed by atoms with E-state index in [2.05, 4.69) is 22.2 Å². The Bertz CT molecular complexity index is 491. The van der Waals surface area contributed by atoms with Gasteiger partial charge in [0.1, 0.15) is 0 Å². The van der Waals surface area contributed by atoms with Crippen LogP contribution in [0.15, 0.2) is 12.4 Å². The summed E-state index contributed by atoms with van der Waals surface area (Å²) >= 11 is 0. The Hall–Kier alpha value is -1.69. The van der Waals surface area contributed by atoms with E-state index in [-0.39, 0.29) is 18.0 Å². The molecule has 0 aromatic carbocycles. The van der Waals surface area contributed by atoms with Crippen LogP contribution in [0.25, 0.3) is 0 Å². The highest BCUT2D eigenvalue weighted by Crippen LogP contribution is 2.45. The molecular weight excluding hydrogens is 258 g/mol. The van der Waals surface area contributed by atoms with E-state index in [1.54, 1.807) is 0 Å². The van der Waals surface area contributed by atoms with Crippen molar-refractivity contribution in [2.75, 3.05) is 13.7 Å². The third-order valence-corrected chi connectivity index (χ3v) is 4.37. The number of rotatable bonds is 4. The molecule has 4 atom stereocenters. The van der Waals surface area contributed by atoms with Crippen LogP contribution < -0.4 is 10.1 Å². The molecule has 0 spiro atoms. The van der Waals surface area contributed by atoms with Crippen LogP contribution in [-0.2, 0) is 4.74 Å². The number of nitrogens with zero attached hydrogens (tertiary/aromatic N) is 2. The number of amides is 1. The van der Waals surface area contributed by atoms with E-state index in [0.717, 1.165) is 19.4 Å². The van der Waals surface area contributed by atoms with Gasteiger partial charge >= 0.3 is 6.01 Å². The molecule has 1 aliphatic carbocycles. The van der Waals surface area contributed by atoms with Gasteiger partial charge in [-0.05, 0) is 12.8 Å². The zero-order valence-corrected chi connectivity index (χ0v) is 11.7. The number of carbonyl (C=O) groups is 1. The number of methoxy groups -OCH3 is 1. The minimum absolute atomic E-state index is 0.124. The highest BCUT2D eigenvalue weighted by Gasteiger charge is 2.53. The van der Waals surface area contributed by atoms with Crippen molar-refractivity contribution in [2.45, 2.75) is 31.9 Å². The maximum atomic E-state index is 12.2. The van der Waals surface area contributed by atoms with Gasteiger partial charge in [-0.25, -0.2) is 9.97 Å². The highest BCUT2D eigenvalue weighted by atomic mass is 16.5. The van der Waals surface area contributed by atoms with E-state index in [9.17, 15) is 4.79 Å². The zero-order chi connectivity index (χ0) is 14.1. The van der Waals surface area contributed by atoms with Crippen molar-refractivity contribution in [3.63, 3.8) is 0 Å². The summed E-state index contributed by atoms with van der Waals surface area (Å²) in [6, 6.07) is 0.475. The van der Waals surface area contributed by atoms with Gasteiger partial charge in [0.15, 0.2) is 0 Å². The number of fused-ring (bicyclic) bond motifs is 1. The van der Waals surface area contributed by atoms with Gasteiger partial charge in [-0.2, -0.15) is 0 Å². The van der Waals surface area contributed by atoms with Gasteiger partial charge < -0.3 is 14.8 Å². The van der Waals surface area contributed by atoms with Crippen LogP contribution in [-0.4, -0.2) is 41.7 Å². The van der Waals surface area contributed by atoms with Gasteiger partial charge in [-0.1, -0.05) is 6.92 Å². The summed E-state index contributed by atoms with van der Waals surface area (Å²) in [5.74, 6) is 0.759. The van der Waals surface area contributed by atoms with Crippen LogP contribution in [0, 0.1) is 11.8 Å². The average Bonchev–Trinajstić information content (AvgIpc) is 2.89. The number of hydrogen-bond acceptors (Lipinski definition) is 5. The van der Waals surface area contributed by atoms with Crippen molar-refractivity contribution in [2.24, 2.45) is 11.8 Å². The number of aromatic nitrogens is 2. The molecule has 0 bridgehead atoms. The molecule has 20 heavy (non-hydrogen) atoms. The predicted molar refractivity (Wildman–Crippen MR) is 71.5 cm³/mol. The largest absolute Gasteiger partial charge is 0.467 e. The van der Waals surface area contributed by atoms with Crippen LogP contribution in [0.3, 0.4) is 0 Å². The molecule has 1 saturated heterocycles. The summed E-state index contributed by atoms with van der Waals surface area (Å²) in [6.07, 6.45) is 5.36. The summed E-state index contributed by atoms with van der Waals surface area (Å²) < 4.78 is 10.6. The number of ether oxygens (including phenoxy) is 2. The van der Waals surface area contributed by atoms with Crippen LogP contribution in [0.2, 0.25) is 0 Å². The first kappa shape index (κ1) is 13.3. The third-order valence-electron chi connectivity index (χ3n) is 4.37. The third kappa shape index (κ3) is 2.14. The van der Waals surface area contributed by atoms with E-state index >= 15 is 0 Å². The fourth-order valence-corrected chi connectivity index (χ4v) is 3.30. The van der Waals surface area contributed by atoms with Crippen molar-refractivity contribution in [1.29, 1.82) is 0 Å². The van der Waals surface area contributed by atoms with E-state index in [0.29, 0.717) is 23.5 Å². The second kappa shape index (κ2) is 5.36. The van der Waals surface area contributed by atoms with Crippen molar-refractivity contribution < 1.29 is 14.3 Å². The second-order valence-electron chi connectivity index (χ2n) is 5.32. The lowest BCUT2D eigenvalue weighted by atomic mass is 9.65. The first-order valence-corrected chi connectivity index (χ1v) is 7.03. The topological polar surface area (TPSA) is 73.3 Å². The summed E-state index contributed by atoms with van der Waals surface area (Å²) in [4.78, 5) is 20.1. The molecule has 108 valence electrons. The molecule has 1 N–H and O–H groups in total. The number of nitrogens with one attached hydrogen (secondary N) is 1. The van der Waals surface area contributed by atoms with Gasteiger partial charge in [0.05, 0.1) is 18.8 Å². The van der Waals surface area contributed by atoms with Crippen LogP contribution in [0.5, 0.6) is 6.01 Å². The van der Waals surface area contributed by atoms with Gasteiger partial charge in [0.2, 0.25) is 0 Å². The fraction of sp³-hybridized carbons (Fsp3) is 0.643. The molecule has 0 unspecified atom stereocenters. The molecule has 1 saturated carbocycles. The first-order valence-electron chi connectivity index (χ1n) is 7.03. The number of hydrogen-bond donors (Lipinski definition) is 1. The van der Waals surface area contributed by atoms with Gasteiger partial charge in [0, 0.05) is 36.9 Å². The Balaban J connectivity index is 1.66. The van der Waals surface area contributed by atoms with E-state index in [4.69, 9.17) is 9.47 Å². The Morgan fingerprint density at radius 1 is 1.50 bits per heavy atom. The van der Waals surface area contributed by atoms with Crippen molar-refractivity contribution in [3.8, 4) is 6.01 Å². The molecule has 3 rings (SSSR count). The fourth-order valence-electron chi connectivity index (χ4n) is 3.30. The lowest BCUT2D eigenvalue weighted by Gasteiger charge is -2.47. The molecule has 2 aliphatic rings. The summed E-state index contributed by atoms with van der Waals surface area (Å²) in [5.41, 5.74) is 0.461. The molecule has 2 heterocycles. The standard InChI is InChI=1S/C14H19N3O3/c1-3-9-11(10-4-5-20-12(9)10)17-13(18)8-6-15-14(19-2)16-7-8/h6-7,9-12H,3-5H2,1-2H3,(H,17,18)/t9-,10+,11+,12-/m1/s1. The molecule has 6 heteroatoms. The van der Waals surface area contributed by atoms with Crippen molar-refractivity contribution >= 4 is 5.91 Å². The first-order chi connectivity index (χ1) is 9.74. The molecule has 2 fully saturated rings. The SMILES string of the molecule is CC[C@@H]1[C@H](NC(=O)c2cnc(OC)nc2)[C@@H]2CCO[C@H]12. The molecule has 1 amide bonds. The second-order valence-corrected chi connectivity index (χ2v) is 5.32. The summed E-state index contributed by atoms with van der Waals surface area (Å²) in [6.45, 7) is 2.95. The molecule has 1 aromatic heterocycles. The van der Waals surface area contributed by atoms with Crippen LogP contribution >= 0.6 is 0 Å². The molecule has 0 radical (unpaired) electrons. The van der Waals surface area contributed by atoms with Crippen molar-refractivity contribution in [3.05, 3.63) is 18.0 Å². The van der Waals surface area contributed by atoms with E-state index < -0.39 is 0 Å². The maximum Gasteiger partial charge on any atom is 0.316 e. The van der Waals surface area contributed by atoms with E-state index in [1.165, 1.54) is 19.5 Å². The molecule has 1 aromatic rings. The lowest BCUT2D eigenvalue weighted by molar-refractivity contribution is -0.0545. The molecular formula is C14H19N3O3. The Morgan fingerprint density at radius 3 is 2.90 bits per heavy atom. The smallest absolute Gasteiger partial charge is 0.316 e. The van der Waals surface area contributed by atoms with Gasteiger partial charge in [0.25, 0.3) is 5.91 Å². The summed E-state index contributed by atoms with van der Waals surface area (Å²) in [5, 5.41) is 3.10. The van der Waals surface area contributed by atoms with Crippen LogP contribution in [0.4, 0.5) is 0 Å². The van der Waals surface area contributed by atoms with Crippen molar-refractivity contribution in [1.82, 2.24) is 15.3 Å². The predicted octanol–water partition coefficient (Wildman–Crippen LogP) is 1.03. The van der Waals surface area contributed by atoms with Crippen LogP contribution in [0.1, 0.15) is 30.1 Å². The minimum atomic E-state index is -0.124. The van der Waals surface area contributed by atoms with Gasteiger partial charge in [-0.15, -0.1) is 0 Å². The zero-order valence-electron chi connectivity index (χ0n) is 11.7. The van der Waals surface area contributed by atoms with Gasteiger partial charge in [-0.3, -0.25) is 4.79 Å². The molecule has 6 nitrogen and oxygen atoms in total. The highest BCUT2D eigenvalue weighted by molar-refractivity contribution is 5.93. The minimum Gasteiger partial charge on any atom is -0.467 e. The lowest BCUT2D eigenvalue weighted by Crippen LogP contribution is -2.61. The number of carbonyl (C=O) groups excluding carboxylic acids is 1. The Labute approximate surface area is 117 Å². The Kier molecular flexibility index (Phi) is 3.56. The average molecular weight is 277 g/mol. The monoisotopic (exact) mass is 277 g/mol. The van der Waals surface area contributed by atoms with E-state index in [1.807, 2.05) is 0 Å². The quantitative estimate of drug-likeness (QED) is 0.889. The maximum absolute atomic E-state index is 12.2.